The number of thioether (sulfide) groups is 1. The van der Waals surface area contributed by atoms with E-state index < -0.39 is 0 Å². The van der Waals surface area contributed by atoms with Crippen LogP contribution >= 0.6 is 11.8 Å². The molecule has 0 spiro atoms. The number of carbonyl (C=O) groups is 1. The Labute approximate surface area is 147 Å². The quantitative estimate of drug-likeness (QED) is 0.453. The SMILES string of the molecule is Cc1cc(C(=O)CSc2nc(N)cc(N)n2)c(C)n1CCC(C)C. The second-order valence-corrected chi connectivity index (χ2v) is 7.27. The molecule has 2 rings (SSSR count). The van der Waals surface area contributed by atoms with Gasteiger partial charge in [0.2, 0.25) is 0 Å². The number of nitrogens with two attached hydrogens (primary N) is 2. The van der Waals surface area contributed by atoms with Crippen molar-refractivity contribution in [2.45, 2.75) is 45.8 Å². The molecule has 2 aromatic rings. The fourth-order valence-corrected chi connectivity index (χ4v) is 3.30. The van der Waals surface area contributed by atoms with Crippen LogP contribution in [-0.2, 0) is 6.54 Å². The van der Waals surface area contributed by atoms with Crippen molar-refractivity contribution in [2.24, 2.45) is 5.92 Å². The van der Waals surface area contributed by atoms with Crippen LogP contribution in [0.5, 0.6) is 0 Å². The van der Waals surface area contributed by atoms with Crippen molar-refractivity contribution in [2.75, 3.05) is 17.2 Å². The Hall–Kier alpha value is -2.02. The molecule has 0 saturated heterocycles. The van der Waals surface area contributed by atoms with Crippen molar-refractivity contribution in [3.63, 3.8) is 0 Å². The topological polar surface area (TPSA) is 99.8 Å². The highest BCUT2D eigenvalue weighted by Crippen LogP contribution is 2.22. The Morgan fingerprint density at radius 3 is 2.42 bits per heavy atom. The van der Waals surface area contributed by atoms with Crippen LogP contribution in [0.3, 0.4) is 0 Å². The van der Waals surface area contributed by atoms with Crippen LogP contribution in [0.2, 0.25) is 0 Å². The van der Waals surface area contributed by atoms with E-state index in [1.807, 2.05) is 19.9 Å². The minimum absolute atomic E-state index is 0.0634. The Morgan fingerprint density at radius 1 is 1.21 bits per heavy atom. The average molecular weight is 347 g/mol. The largest absolute Gasteiger partial charge is 0.383 e. The average Bonchev–Trinajstić information content (AvgIpc) is 2.76. The Morgan fingerprint density at radius 2 is 1.83 bits per heavy atom. The van der Waals surface area contributed by atoms with Crippen molar-refractivity contribution in [3.05, 3.63) is 29.1 Å². The number of aromatic nitrogens is 3. The zero-order valence-electron chi connectivity index (χ0n) is 14.7. The lowest BCUT2D eigenvalue weighted by Crippen LogP contribution is -2.08. The Kier molecular flexibility index (Phi) is 5.88. The molecule has 4 N–H and O–H groups in total. The van der Waals surface area contributed by atoms with Gasteiger partial charge in [-0.3, -0.25) is 4.79 Å². The third-order valence-electron chi connectivity index (χ3n) is 3.88. The molecule has 0 aromatic carbocycles. The number of rotatable bonds is 7. The lowest BCUT2D eigenvalue weighted by Gasteiger charge is -2.11. The molecular formula is C17H25N5OS. The van der Waals surface area contributed by atoms with Gasteiger partial charge in [-0.05, 0) is 32.3 Å². The fraction of sp³-hybridized carbons (Fsp3) is 0.471. The molecule has 0 radical (unpaired) electrons. The summed E-state index contributed by atoms with van der Waals surface area (Å²) in [7, 11) is 0. The Balaban J connectivity index is 2.08. The van der Waals surface area contributed by atoms with E-state index in [-0.39, 0.29) is 11.5 Å². The first-order valence-electron chi connectivity index (χ1n) is 8.00. The molecule has 0 amide bonds. The smallest absolute Gasteiger partial charge is 0.191 e. The van der Waals surface area contributed by atoms with Gasteiger partial charge in [0.1, 0.15) is 11.6 Å². The van der Waals surface area contributed by atoms with Gasteiger partial charge in [0.05, 0.1) is 5.75 Å². The van der Waals surface area contributed by atoms with Crippen LogP contribution in [-0.4, -0.2) is 26.1 Å². The molecule has 2 heterocycles. The summed E-state index contributed by atoms with van der Waals surface area (Å²) in [4.78, 5) is 20.7. The summed E-state index contributed by atoms with van der Waals surface area (Å²) in [6.45, 7) is 9.38. The lowest BCUT2D eigenvalue weighted by molar-refractivity contribution is 0.102. The van der Waals surface area contributed by atoms with Crippen molar-refractivity contribution in [3.8, 4) is 0 Å². The molecule has 0 unspecified atom stereocenters. The van der Waals surface area contributed by atoms with Crippen LogP contribution in [0.1, 0.15) is 42.0 Å². The number of nitrogens with zero attached hydrogens (tertiary/aromatic N) is 3. The number of ketones is 1. The van der Waals surface area contributed by atoms with Crippen LogP contribution in [0.4, 0.5) is 11.6 Å². The van der Waals surface area contributed by atoms with E-state index in [1.165, 1.54) is 17.8 Å². The third kappa shape index (κ3) is 4.50. The highest BCUT2D eigenvalue weighted by molar-refractivity contribution is 7.99. The molecule has 0 aliphatic carbocycles. The molecule has 130 valence electrons. The predicted molar refractivity (Wildman–Crippen MR) is 99.3 cm³/mol. The van der Waals surface area contributed by atoms with E-state index in [4.69, 9.17) is 11.5 Å². The number of aryl methyl sites for hydroxylation is 1. The fourth-order valence-electron chi connectivity index (χ4n) is 2.55. The van der Waals surface area contributed by atoms with Crippen molar-refractivity contribution in [1.29, 1.82) is 0 Å². The van der Waals surface area contributed by atoms with Crippen LogP contribution in [0, 0.1) is 19.8 Å². The summed E-state index contributed by atoms with van der Waals surface area (Å²) < 4.78 is 2.22. The van der Waals surface area contributed by atoms with Crippen molar-refractivity contribution in [1.82, 2.24) is 14.5 Å². The maximum absolute atomic E-state index is 12.6. The standard InChI is InChI=1S/C17H25N5OS/c1-10(2)5-6-22-11(3)7-13(12(22)4)14(23)9-24-17-20-15(18)8-16(19)21-17/h7-8,10H,5-6,9H2,1-4H3,(H4,18,19,20,21). The van der Waals surface area contributed by atoms with Gasteiger partial charge in [0.15, 0.2) is 10.9 Å². The van der Waals surface area contributed by atoms with Gasteiger partial charge in [-0.25, -0.2) is 9.97 Å². The number of carbonyl (C=O) groups excluding carboxylic acids is 1. The van der Waals surface area contributed by atoms with Gasteiger partial charge in [-0.1, -0.05) is 25.6 Å². The van der Waals surface area contributed by atoms with Gasteiger partial charge in [0, 0.05) is 29.6 Å². The molecule has 0 bridgehead atoms. The van der Waals surface area contributed by atoms with E-state index in [1.54, 1.807) is 0 Å². The molecule has 6 nitrogen and oxygen atoms in total. The number of hydrogen-bond donors (Lipinski definition) is 2. The molecule has 24 heavy (non-hydrogen) atoms. The monoisotopic (exact) mass is 347 g/mol. The summed E-state index contributed by atoms with van der Waals surface area (Å²) in [5.41, 5.74) is 14.2. The van der Waals surface area contributed by atoms with Gasteiger partial charge in [-0.15, -0.1) is 0 Å². The molecule has 7 heteroatoms. The minimum Gasteiger partial charge on any atom is -0.383 e. The van der Waals surface area contributed by atoms with Gasteiger partial charge in [-0.2, -0.15) is 0 Å². The summed E-state index contributed by atoms with van der Waals surface area (Å²) in [5.74, 6) is 1.58. The molecule has 0 aliphatic rings. The van der Waals surface area contributed by atoms with E-state index in [9.17, 15) is 4.79 Å². The molecular weight excluding hydrogens is 322 g/mol. The summed E-state index contributed by atoms with van der Waals surface area (Å²) in [6, 6.07) is 3.46. The first-order chi connectivity index (χ1) is 11.3. The first kappa shape index (κ1) is 18.3. The predicted octanol–water partition coefficient (Wildman–Crippen LogP) is 3.08. The van der Waals surface area contributed by atoms with E-state index in [0.717, 1.165) is 29.9 Å². The molecule has 0 saturated carbocycles. The van der Waals surface area contributed by atoms with Crippen molar-refractivity contribution < 1.29 is 4.79 Å². The molecule has 0 fully saturated rings. The van der Waals surface area contributed by atoms with Crippen LogP contribution < -0.4 is 11.5 Å². The zero-order chi connectivity index (χ0) is 17.9. The normalized spacial score (nSPS) is 11.2. The Bertz CT molecular complexity index is 719. The lowest BCUT2D eigenvalue weighted by atomic mass is 10.1. The number of hydrogen-bond acceptors (Lipinski definition) is 6. The number of anilines is 2. The second kappa shape index (κ2) is 7.70. The molecule has 2 aromatic heterocycles. The summed E-state index contributed by atoms with van der Waals surface area (Å²) in [5, 5.41) is 0.425. The van der Waals surface area contributed by atoms with Gasteiger partial charge < -0.3 is 16.0 Å². The highest BCUT2D eigenvalue weighted by Gasteiger charge is 2.16. The summed E-state index contributed by atoms with van der Waals surface area (Å²) >= 11 is 1.25. The molecule has 0 aliphatic heterocycles. The molecule has 0 atom stereocenters. The van der Waals surface area contributed by atoms with Crippen molar-refractivity contribution >= 4 is 29.2 Å². The third-order valence-corrected chi connectivity index (χ3v) is 4.73. The maximum atomic E-state index is 12.6. The number of Topliss-reactive ketones (excluding diaryl/α,β-unsaturated/α-hetero) is 1. The van der Waals surface area contributed by atoms with Crippen LogP contribution in [0.25, 0.3) is 0 Å². The highest BCUT2D eigenvalue weighted by atomic mass is 32.2. The van der Waals surface area contributed by atoms with E-state index in [2.05, 4.69) is 28.4 Å². The van der Waals surface area contributed by atoms with Gasteiger partial charge >= 0.3 is 0 Å². The second-order valence-electron chi connectivity index (χ2n) is 6.33. The first-order valence-corrected chi connectivity index (χ1v) is 8.99. The number of nitrogen functional groups attached to an aromatic ring is 2. The maximum Gasteiger partial charge on any atom is 0.191 e. The van der Waals surface area contributed by atoms with Gasteiger partial charge in [0.25, 0.3) is 0 Å². The van der Waals surface area contributed by atoms with E-state index in [0.29, 0.717) is 22.7 Å². The van der Waals surface area contributed by atoms with E-state index >= 15 is 0 Å². The zero-order valence-corrected chi connectivity index (χ0v) is 15.5. The van der Waals surface area contributed by atoms with Crippen LogP contribution in [0.15, 0.2) is 17.3 Å². The summed E-state index contributed by atoms with van der Waals surface area (Å²) in [6.07, 6.45) is 1.09. The minimum atomic E-state index is 0.0634.